The molecule has 1 aromatic heterocycles. The highest BCUT2D eigenvalue weighted by molar-refractivity contribution is 6.04. The van der Waals surface area contributed by atoms with Gasteiger partial charge in [0.05, 0.1) is 23.8 Å². The number of ether oxygens (including phenoxy) is 1. The lowest BCUT2D eigenvalue weighted by Crippen LogP contribution is -2.42. The maximum atomic E-state index is 13.1. The summed E-state index contributed by atoms with van der Waals surface area (Å²) in [5.41, 5.74) is 5.49. The van der Waals surface area contributed by atoms with Gasteiger partial charge in [-0.1, -0.05) is 29.8 Å². The molecule has 0 radical (unpaired) electrons. The lowest BCUT2D eigenvalue weighted by Gasteiger charge is -2.27. The van der Waals surface area contributed by atoms with Crippen LogP contribution in [0.15, 0.2) is 66.7 Å². The lowest BCUT2D eigenvalue weighted by atomic mass is 10.1. The first-order chi connectivity index (χ1) is 16.6. The van der Waals surface area contributed by atoms with E-state index in [0.717, 1.165) is 60.8 Å². The minimum Gasteiger partial charge on any atom is -0.497 e. The fourth-order valence-electron chi connectivity index (χ4n) is 4.41. The first-order valence-corrected chi connectivity index (χ1v) is 11.6. The molecule has 0 spiro atoms. The molecule has 1 aliphatic heterocycles. The molecule has 5 rings (SSSR count). The van der Waals surface area contributed by atoms with Crippen LogP contribution in [-0.2, 0) is 6.54 Å². The fraction of sp³-hybridized carbons (Fsp3) is 0.259. The number of methoxy groups -OCH3 is 1. The monoisotopic (exact) mass is 455 g/mol. The first-order valence-electron chi connectivity index (χ1n) is 11.6. The molecule has 1 aliphatic rings. The van der Waals surface area contributed by atoms with Crippen LogP contribution < -0.4 is 15.4 Å². The number of carbonyl (C=O) groups is 1. The van der Waals surface area contributed by atoms with Crippen LogP contribution in [0.2, 0.25) is 0 Å². The van der Waals surface area contributed by atoms with Crippen LogP contribution >= 0.6 is 0 Å². The Morgan fingerprint density at radius 1 is 1.06 bits per heavy atom. The van der Waals surface area contributed by atoms with E-state index in [2.05, 4.69) is 33.7 Å². The number of carbonyl (C=O) groups excluding carboxylic acids is 1. The third-order valence-electron chi connectivity index (χ3n) is 6.15. The first kappa shape index (κ1) is 22.1. The van der Waals surface area contributed by atoms with E-state index >= 15 is 0 Å². The number of aromatic nitrogens is 2. The van der Waals surface area contributed by atoms with Gasteiger partial charge in [-0.25, -0.2) is 4.98 Å². The molecule has 174 valence electrons. The Morgan fingerprint density at radius 3 is 2.68 bits per heavy atom. The highest BCUT2D eigenvalue weighted by Crippen LogP contribution is 2.28. The Bertz CT molecular complexity index is 1320. The van der Waals surface area contributed by atoms with Gasteiger partial charge >= 0.3 is 0 Å². The highest BCUT2D eigenvalue weighted by Gasteiger charge is 2.18. The fourth-order valence-corrected chi connectivity index (χ4v) is 4.41. The quantitative estimate of drug-likeness (QED) is 0.460. The van der Waals surface area contributed by atoms with E-state index in [1.807, 2.05) is 60.0 Å². The second kappa shape index (κ2) is 9.67. The van der Waals surface area contributed by atoms with Crippen LogP contribution in [0, 0.1) is 6.92 Å². The largest absolute Gasteiger partial charge is 0.497 e. The van der Waals surface area contributed by atoms with Gasteiger partial charge in [-0.05, 0) is 48.9 Å². The van der Waals surface area contributed by atoms with E-state index in [9.17, 15) is 4.79 Å². The van der Waals surface area contributed by atoms with Gasteiger partial charge in [0.1, 0.15) is 5.75 Å². The van der Waals surface area contributed by atoms with E-state index in [1.54, 1.807) is 7.11 Å². The van der Waals surface area contributed by atoms with Gasteiger partial charge < -0.3 is 10.1 Å². The molecule has 1 saturated heterocycles. The van der Waals surface area contributed by atoms with Gasteiger partial charge in [0.2, 0.25) is 5.95 Å². The molecular weight excluding hydrogens is 426 g/mol. The van der Waals surface area contributed by atoms with Crippen molar-refractivity contribution >= 4 is 22.9 Å². The van der Waals surface area contributed by atoms with Gasteiger partial charge in [0, 0.05) is 44.4 Å². The average Bonchev–Trinajstić information content (AvgIpc) is 3.21. The molecule has 0 unspecified atom stereocenters. The van der Waals surface area contributed by atoms with Gasteiger partial charge in [0.25, 0.3) is 5.91 Å². The molecule has 3 aromatic carbocycles. The molecule has 1 fully saturated rings. The number of anilines is 1. The van der Waals surface area contributed by atoms with Crippen LogP contribution in [0.4, 0.5) is 5.95 Å². The predicted molar refractivity (Wildman–Crippen MR) is 135 cm³/mol. The zero-order chi connectivity index (χ0) is 23.5. The molecule has 4 aromatic rings. The maximum Gasteiger partial charge on any atom is 0.257 e. The molecule has 2 N–H and O–H groups in total. The highest BCUT2D eigenvalue weighted by atomic mass is 16.5. The van der Waals surface area contributed by atoms with Crippen molar-refractivity contribution in [3.8, 4) is 11.4 Å². The molecule has 7 heteroatoms. The Kier molecular flexibility index (Phi) is 6.29. The average molecular weight is 456 g/mol. The summed E-state index contributed by atoms with van der Waals surface area (Å²) in [6, 6.07) is 21.7. The Hall–Kier alpha value is -3.68. The Morgan fingerprint density at radius 2 is 1.88 bits per heavy atom. The SMILES string of the molecule is COc1cccc(-n2c(NC(=O)c3cccc(C)c3)nc3cc(CN4CCNCC4)ccc32)c1. The molecule has 0 aliphatic carbocycles. The predicted octanol–water partition coefficient (Wildman–Crippen LogP) is 4.00. The summed E-state index contributed by atoms with van der Waals surface area (Å²) in [5.74, 6) is 1.03. The Balaban J connectivity index is 1.54. The maximum absolute atomic E-state index is 13.1. The second-order valence-electron chi connectivity index (χ2n) is 8.65. The van der Waals surface area contributed by atoms with Crippen molar-refractivity contribution in [2.75, 3.05) is 38.6 Å². The second-order valence-corrected chi connectivity index (χ2v) is 8.65. The standard InChI is InChI=1S/C27H29N5O2/c1-19-5-3-6-21(15-19)26(33)30-27-29-24-16-20(18-31-13-11-28-12-14-31)9-10-25(24)32(27)22-7-4-8-23(17-22)34-2/h3-10,15-17,28H,11-14,18H2,1-2H3,(H,29,30,33). The summed E-state index contributed by atoms with van der Waals surface area (Å²) in [6.07, 6.45) is 0. The number of nitrogens with zero attached hydrogens (tertiary/aromatic N) is 3. The number of amides is 1. The van der Waals surface area contributed by atoms with Crippen LogP contribution in [0.1, 0.15) is 21.5 Å². The summed E-state index contributed by atoms with van der Waals surface area (Å²) in [7, 11) is 1.65. The number of rotatable bonds is 6. The van der Waals surface area contributed by atoms with E-state index in [1.165, 1.54) is 5.56 Å². The Labute approximate surface area is 199 Å². The number of fused-ring (bicyclic) bond motifs is 1. The van der Waals surface area contributed by atoms with Crippen molar-refractivity contribution in [3.05, 3.63) is 83.4 Å². The summed E-state index contributed by atoms with van der Waals surface area (Å²) in [6.45, 7) is 6.96. The van der Waals surface area contributed by atoms with Crippen molar-refractivity contribution in [1.29, 1.82) is 0 Å². The van der Waals surface area contributed by atoms with Gasteiger partial charge in [0.15, 0.2) is 0 Å². The number of imidazole rings is 1. The number of hydrogen-bond donors (Lipinski definition) is 2. The molecule has 7 nitrogen and oxygen atoms in total. The van der Waals surface area contributed by atoms with Crippen molar-refractivity contribution in [3.63, 3.8) is 0 Å². The third-order valence-corrected chi connectivity index (χ3v) is 6.15. The zero-order valence-electron chi connectivity index (χ0n) is 19.5. The van der Waals surface area contributed by atoms with Gasteiger partial charge in [-0.3, -0.25) is 19.6 Å². The van der Waals surface area contributed by atoms with Crippen LogP contribution in [0.5, 0.6) is 5.75 Å². The van der Waals surface area contributed by atoms with E-state index in [4.69, 9.17) is 9.72 Å². The van der Waals surface area contributed by atoms with Gasteiger partial charge in [-0.2, -0.15) is 0 Å². The number of nitrogens with one attached hydrogen (secondary N) is 2. The zero-order valence-corrected chi connectivity index (χ0v) is 19.5. The van der Waals surface area contributed by atoms with Crippen LogP contribution in [0.25, 0.3) is 16.7 Å². The summed E-state index contributed by atoms with van der Waals surface area (Å²) >= 11 is 0. The molecule has 34 heavy (non-hydrogen) atoms. The van der Waals surface area contributed by atoms with Crippen molar-refractivity contribution in [2.45, 2.75) is 13.5 Å². The minimum atomic E-state index is -0.191. The van der Waals surface area contributed by atoms with E-state index in [0.29, 0.717) is 11.5 Å². The molecule has 1 amide bonds. The van der Waals surface area contributed by atoms with E-state index < -0.39 is 0 Å². The summed E-state index contributed by atoms with van der Waals surface area (Å²) in [5, 5.41) is 6.43. The van der Waals surface area contributed by atoms with Crippen molar-refractivity contribution in [2.24, 2.45) is 0 Å². The smallest absolute Gasteiger partial charge is 0.257 e. The molecule has 0 atom stereocenters. The molecule has 0 saturated carbocycles. The minimum absolute atomic E-state index is 0.191. The van der Waals surface area contributed by atoms with Gasteiger partial charge in [-0.15, -0.1) is 0 Å². The number of piperazine rings is 1. The van der Waals surface area contributed by atoms with Crippen molar-refractivity contribution < 1.29 is 9.53 Å². The number of aryl methyl sites for hydroxylation is 1. The summed E-state index contributed by atoms with van der Waals surface area (Å²) in [4.78, 5) is 20.4. The number of hydrogen-bond acceptors (Lipinski definition) is 5. The normalized spacial score (nSPS) is 14.3. The third kappa shape index (κ3) is 4.66. The van der Waals surface area contributed by atoms with E-state index in [-0.39, 0.29) is 5.91 Å². The van der Waals surface area contributed by atoms with Crippen LogP contribution in [0.3, 0.4) is 0 Å². The molecule has 2 heterocycles. The number of benzene rings is 3. The lowest BCUT2D eigenvalue weighted by molar-refractivity contribution is 0.102. The molecular formula is C27H29N5O2. The topological polar surface area (TPSA) is 71.4 Å². The van der Waals surface area contributed by atoms with Crippen molar-refractivity contribution in [1.82, 2.24) is 19.8 Å². The molecule has 0 bridgehead atoms. The van der Waals surface area contributed by atoms with Crippen LogP contribution in [-0.4, -0.2) is 53.6 Å². The summed E-state index contributed by atoms with van der Waals surface area (Å²) < 4.78 is 7.41.